The fourth-order valence-electron chi connectivity index (χ4n) is 1.12. The Labute approximate surface area is 82.3 Å². The van der Waals surface area contributed by atoms with Crippen LogP contribution in [0.2, 0.25) is 0 Å². The molecule has 1 rings (SSSR count). The molecule has 0 unspecified atom stereocenters. The van der Waals surface area contributed by atoms with Gasteiger partial charge in [-0.25, -0.2) is 0 Å². The van der Waals surface area contributed by atoms with E-state index in [4.69, 9.17) is 0 Å². The first-order valence-electron chi connectivity index (χ1n) is 4.26. The molecule has 0 radical (unpaired) electrons. The molecule has 0 bridgehead atoms. The van der Waals surface area contributed by atoms with Gasteiger partial charge < -0.3 is 10.6 Å². The summed E-state index contributed by atoms with van der Waals surface area (Å²) >= 11 is 0. The number of hydrogen-bond acceptors (Lipinski definition) is 2. The fraction of sp³-hybridized carbons (Fsp3) is 0.200. The van der Waals surface area contributed by atoms with Gasteiger partial charge in [0.1, 0.15) is 0 Å². The molecule has 0 aliphatic heterocycles. The second kappa shape index (κ2) is 5.01. The summed E-state index contributed by atoms with van der Waals surface area (Å²) in [4.78, 5) is 20.8. The first-order chi connectivity index (χ1) is 6.72. The Balaban J connectivity index is 2.68. The Morgan fingerprint density at radius 1 is 1.50 bits per heavy atom. The molecule has 0 saturated carbocycles. The van der Waals surface area contributed by atoms with E-state index in [2.05, 4.69) is 10.6 Å². The average Bonchev–Trinajstić information content (AvgIpc) is 2.14. The third-order valence-electron chi connectivity index (χ3n) is 1.64. The van der Waals surface area contributed by atoms with Gasteiger partial charge in [0.05, 0.1) is 0 Å². The Kier molecular flexibility index (Phi) is 3.67. The smallest absolute Gasteiger partial charge is 0.221 e. The van der Waals surface area contributed by atoms with Crippen LogP contribution in [0.4, 0.5) is 5.69 Å². The summed E-state index contributed by atoms with van der Waals surface area (Å²) in [5.41, 5.74) is 1.69. The third-order valence-corrected chi connectivity index (χ3v) is 1.64. The van der Waals surface area contributed by atoms with Crippen molar-refractivity contribution in [1.82, 2.24) is 5.32 Å². The molecule has 0 aliphatic rings. The molecule has 0 aliphatic carbocycles. The van der Waals surface area contributed by atoms with Crippen LogP contribution in [0, 0.1) is 0 Å². The molecular weight excluding hydrogens is 180 g/mol. The quantitative estimate of drug-likeness (QED) is 0.696. The summed E-state index contributed by atoms with van der Waals surface area (Å²) in [6, 6.07) is 7.32. The SMILES string of the molecule is CC(=O)Nc1cccc(CNC=O)c1. The lowest BCUT2D eigenvalue weighted by Gasteiger charge is -2.04. The number of anilines is 1. The normalized spacial score (nSPS) is 9.21. The van der Waals surface area contributed by atoms with E-state index < -0.39 is 0 Å². The van der Waals surface area contributed by atoms with Crippen molar-refractivity contribution in [2.24, 2.45) is 0 Å². The zero-order chi connectivity index (χ0) is 10.4. The van der Waals surface area contributed by atoms with E-state index in [1.54, 1.807) is 6.07 Å². The standard InChI is InChI=1S/C10H12N2O2/c1-8(14)12-10-4-2-3-9(5-10)6-11-7-13/h2-5,7H,6H2,1H3,(H,11,13)(H,12,14). The summed E-state index contributed by atoms with van der Waals surface area (Å²) in [6.45, 7) is 1.92. The van der Waals surface area contributed by atoms with Gasteiger partial charge in [0.25, 0.3) is 0 Å². The predicted octanol–water partition coefficient (Wildman–Crippen LogP) is 0.891. The highest BCUT2D eigenvalue weighted by molar-refractivity contribution is 5.88. The van der Waals surface area contributed by atoms with Gasteiger partial charge in [-0.15, -0.1) is 0 Å². The minimum Gasteiger partial charge on any atom is -0.355 e. The van der Waals surface area contributed by atoms with Gasteiger partial charge in [0.2, 0.25) is 12.3 Å². The molecule has 0 saturated heterocycles. The Hall–Kier alpha value is -1.84. The van der Waals surface area contributed by atoms with Gasteiger partial charge >= 0.3 is 0 Å². The summed E-state index contributed by atoms with van der Waals surface area (Å²) < 4.78 is 0. The van der Waals surface area contributed by atoms with Crippen molar-refractivity contribution in [3.8, 4) is 0 Å². The summed E-state index contributed by atoms with van der Waals surface area (Å²) in [6.07, 6.45) is 0.644. The van der Waals surface area contributed by atoms with Gasteiger partial charge in [0.15, 0.2) is 0 Å². The molecule has 14 heavy (non-hydrogen) atoms. The number of rotatable bonds is 4. The van der Waals surface area contributed by atoms with Crippen molar-refractivity contribution in [2.75, 3.05) is 5.32 Å². The molecule has 4 nitrogen and oxygen atoms in total. The van der Waals surface area contributed by atoms with Gasteiger partial charge in [0, 0.05) is 19.2 Å². The summed E-state index contributed by atoms with van der Waals surface area (Å²) in [7, 11) is 0. The molecular formula is C10H12N2O2. The van der Waals surface area contributed by atoms with Crippen molar-refractivity contribution in [3.05, 3.63) is 29.8 Å². The predicted molar refractivity (Wildman–Crippen MR) is 53.6 cm³/mol. The number of carbonyl (C=O) groups is 2. The van der Waals surface area contributed by atoms with Crippen molar-refractivity contribution >= 4 is 18.0 Å². The van der Waals surface area contributed by atoms with E-state index in [1.807, 2.05) is 18.2 Å². The van der Waals surface area contributed by atoms with E-state index in [1.165, 1.54) is 6.92 Å². The molecule has 0 atom stereocenters. The van der Waals surface area contributed by atoms with Crippen LogP contribution in [0.25, 0.3) is 0 Å². The zero-order valence-corrected chi connectivity index (χ0v) is 7.91. The number of hydrogen-bond donors (Lipinski definition) is 2. The molecule has 0 heterocycles. The first kappa shape index (κ1) is 10.2. The van der Waals surface area contributed by atoms with Crippen LogP contribution in [0.5, 0.6) is 0 Å². The van der Waals surface area contributed by atoms with Crippen molar-refractivity contribution in [1.29, 1.82) is 0 Å². The monoisotopic (exact) mass is 192 g/mol. The minimum atomic E-state index is -0.106. The highest BCUT2D eigenvalue weighted by Crippen LogP contribution is 2.09. The van der Waals surface area contributed by atoms with Crippen LogP contribution in [-0.4, -0.2) is 12.3 Å². The van der Waals surface area contributed by atoms with Crippen LogP contribution >= 0.6 is 0 Å². The second-order valence-electron chi connectivity index (χ2n) is 2.88. The third kappa shape index (κ3) is 3.26. The molecule has 0 aromatic heterocycles. The molecule has 0 fully saturated rings. The average molecular weight is 192 g/mol. The Morgan fingerprint density at radius 2 is 2.29 bits per heavy atom. The van der Waals surface area contributed by atoms with Crippen molar-refractivity contribution < 1.29 is 9.59 Å². The number of amides is 2. The van der Waals surface area contributed by atoms with E-state index in [9.17, 15) is 9.59 Å². The maximum absolute atomic E-state index is 10.8. The molecule has 0 spiro atoms. The summed E-state index contributed by atoms with van der Waals surface area (Å²) in [5, 5.41) is 5.22. The molecule has 2 N–H and O–H groups in total. The first-order valence-corrected chi connectivity index (χ1v) is 4.26. The van der Waals surface area contributed by atoms with Crippen LogP contribution in [-0.2, 0) is 16.1 Å². The van der Waals surface area contributed by atoms with E-state index in [-0.39, 0.29) is 5.91 Å². The molecule has 1 aromatic rings. The van der Waals surface area contributed by atoms with Crippen LogP contribution in [0.15, 0.2) is 24.3 Å². The van der Waals surface area contributed by atoms with Crippen LogP contribution < -0.4 is 10.6 Å². The Bertz CT molecular complexity index is 337. The highest BCUT2D eigenvalue weighted by atomic mass is 16.1. The zero-order valence-electron chi connectivity index (χ0n) is 7.91. The van der Waals surface area contributed by atoms with Crippen LogP contribution in [0.1, 0.15) is 12.5 Å². The lowest BCUT2D eigenvalue weighted by molar-refractivity contribution is -0.114. The van der Waals surface area contributed by atoms with E-state index in [0.717, 1.165) is 11.3 Å². The topological polar surface area (TPSA) is 58.2 Å². The molecule has 1 aromatic carbocycles. The van der Waals surface area contributed by atoms with Gasteiger partial charge in [-0.05, 0) is 17.7 Å². The van der Waals surface area contributed by atoms with Gasteiger partial charge in [-0.2, -0.15) is 0 Å². The Morgan fingerprint density at radius 3 is 2.93 bits per heavy atom. The minimum absolute atomic E-state index is 0.106. The lowest BCUT2D eigenvalue weighted by atomic mass is 10.2. The van der Waals surface area contributed by atoms with Gasteiger partial charge in [-0.1, -0.05) is 12.1 Å². The van der Waals surface area contributed by atoms with E-state index in [0.29, 0.717) is 13.0 Å². The maximum atomic E-state index is 10.8. The highest BCUT2D eigenvalue weighted by Gasteiger charge is 1.96. The van der Waals surface area contributed by atoms with E-state index >= 15 is 0 Å². The largest absolute Gasteiger partial charge is 0.355 e. The second-order valence-corrected chi connectivity index (χ2v) is 2.88. The number of benzene rings is 1. The fourth-order valence-corrected chi connectivity index (χ4v) is 1.12. The number of carbonyl (C=O) groups excluding carboxylic acids is 2. The maximum Gasteiger partial charge on any atom is 0.221 e. The molecule has 2 amide bonds. The lowest BCUT2D eigenvalue weighted by Crippen LogP contribution is -2.10. The molecule has 74 valence electrons. The van der Waals surface area contributed by atoms with Gasteiger partial charge in [-0.3, -0.25) is 9.59 Å². The molecule has 4 heteroatoms. The van der Waals surface area contributed by atoms with Crippen LogP contribution in [0.3, 0.4) is 0 Å². The van der Waals surface area contributed by atoms with Crippen molar-refractivity contribution in [3.63, 3.8) is 0 Å². The summed E-state index contributed by atoms with van der Waals surface area (Å²) in [5.74, 6) is -0.106. The van der Waals surface area contributed by atoms with Crippen molar-refractivity contribution in [2.45, 2.75) is 13.5 Å². The number of nitrogens with one attached hydrogen (secondary N) is 2.